The number of hydrogen-bond acceptors (Lipinski definition) is 6. The van der Waals surface area contributed by atoms with Gasteiger partial charge in [0.1, 0.15) is 11.5 Å². The van der Waals surface area contributed by atoms with E-state index in [1.807, 2.05) is 0 Å². The highest BCUT2D eigenvalue weighted by Crippen LogP contribution is 2.29. The van der Waals surface area contributed by atoms with Crippen molar-refractivity contribution < 1.29 is 19.1 Å². The van der Waals surface area contributed by atoms with Gasteiger partial charge in [0.25, 0.3) is 11.8 Å². The lowest BCUT2D eigenvalue weighted by molar-refractivity contribution is 0.0940. The van der Waals surface area contributed by atoms with E-state index < -0.39 is 0 Å². The van der Waals surface area contributed by atoms with E-state index in [-0.39, 0.29) is 11.8 Å². The molecule has 3 rings (SSSR count). The van der Waals surface area contributed by atoms with Crippen LogP contribution in [0.5, 0.6) is 11.5 Å². The lowest BCUT2D eigenvalue weighted by Gasteiger charge is -2.17. The van der Waals surface area contributed by atoms with Crippen molar-refractivity contribution in [2.24, 2.45) is 5.92 Å². The molecule has 2 amide bonds. The fourth-order valence-corrected chi connectivity index (χ4v) is 4.04. The number of methoxy groups -OCH3 is 2. The highest BCUT2D eigenvalue weighted by atomic mass is 35.5. The first-order valence-electron chi connectivity index (χ1n) is 11.0. The number of nitrogens with two attached hydrogens (primary N) is 1. The van der Waals surface area contributed by atoms with E-state index in [2.05, 4.69) is 15.5 Å². The molecule has 9 heteroatoms. The quantitative estimate of drug-likeness (QED) is 0.361. The Morgan fingerprint density at radius 1 is 1.12 bits per heavy atom. The first-order chi connectivity index (χ1) is 15.9. The van der Waals surface area contributed by atoms with Gasteiger partial charge in [-0.25, -0.2) is 0 Å². The lowest BCUT2D eigenvalue weighted by Crippen LogP contribution is -2.32. The number of ether oxygens (including phenoxy) is 2. The van der Waals surface area contributed by atoms with E-state index in [1.54, 1.807) is 37.4 Å². The van der Waals surface area contributed by atoms with Gasteiger partial charge in [-0.3, -0.25) is 9.59 Å². The number of likely N-dealkylation sites (tertiary alicyclic amines) is 1. The summed E-state index contributed by atoms with van der Waals surface area (Å²) in [5.41, 5.74) is 7.15. The molecule has 4 N–H and O–H groups in total. The average molecular weight is 475 g/mol. The number of rotatable bonds is 10. The molecule has 8 nitrogen and oxygen atoms in total. The van der Waals surface area contributed by atoms with Crippen LogP contribution in [0, 0.1) is 5.92 Å². The van der Waals surface area contributed by atoms with E-state index in [1.165, 1.54) is 13.2 Å². The standard InChI is InChI=1S/C24H31ClN4O4/c1-32-18-6-4-17(5-7-18)23(30)27-9-3-10-29-11-8-16(15-29)14-28-24(31)19-12-20(25)21(26)13-22(19)33-2/h4-7,12-13,16H,3,8-11,14-15,26H2,1-2H3,(H,27,30)(H,28,31). The highest BCUT2D eigenvalue weighted by molar-refractivity contribution is 6.33. The average Bonchev–Trinajstić information content (AvgIpc) is 3.29. The smallest absolute Gasteiger partial charge is 0.255 e. The number of nitrogen functional groups attached to an aromatic ring is 1. The maximum atomic E-state index is 12.6. The van der Waals surface area contributed by atoms with Gasteiger partial charge in [-0.2, -0.15) is 0 Å². The van der Waals surface area contributed by atoms with Crippen LogP contribution in [-0.2, 0) is 0 Å². The summed E-state index contributed by atoms with van der Waals surface area (Å²) < 4.78 is 10.4. The molecule has 0 radical (unpaired) electrons. The number of amides is 2. The molecule has 0 aromatic heterocycles. The maximum Gasteiger partial charge on any atom is 0.255 e. The molecule has 1 unspecified atom stereocenters. The summed E-state index contributed by atoms with van der Waals surface area (Å²) in [6.45, 7) is 3.97. The van der Waals surface area contributed by atoms with Crippen LogP contribution in [0.1, 0.15) is 33.6 Å². The largest absolute Gasteiger partial charge is 0.497 e. The number of carbonyl (C=O) groups is 2. The van der Waals surface area contributed by atoms with Gasteiger partial charge < -0.3 is 30.7 Å². The summed E-state index contributed by atoms with van der Waals surface area (Å²) in [4.78, 5) is 27.2. The number of nitrogens with zero attached hydrogens (tertiary/aromatic N) is 1. The Kier molecular flexibility index (Phi) is 8.79. The molecule has 0 saturated carbocycles. The zero-order chi connectivity index (χ0) is 23.8. The zero-order valence-electron chi connectivity index (χ0n) is 19.0. The molecule has 0 bridgehead atoms. The highest BCUT2D eigenvalue weighted by Gasteiger charge is 2.23. The number of anilines is 1. The van der Waals surface area contributed by atoms with Gasteiger partial charge in [-0.15, -0.1) is 0 Å². The van der Waals surface area contributed by atoms with Crippen molar-refractivity contribution in [3.8, 4) is 11.5 Å². The van der Waals surface area contributed by atoms with Gasteiger partial charge in [0.05, 0.1) is 30.5 Å². The third-order valence-electron chi connectivity index (χ3n) is 5.77. The predicted octanol–water partition coefficient (Wildman–Crippen LogP) is 2.81. The molecule has 1 aliphatic heterocycles. The van der Waals surface area contributed by atoms with Gasteiger partial charge in [0.15, 0.2) is 0 Å². The molecular formula is C24H31ClN4O4. The summed E-state index contributed by atoms with van der Waals surface area (Å²) >= 11 is 6.06. The minimum absolute atomic E-state index is 0.0853. The number of halogens is 1. The molecule has 1 atom stereocenters. The Labute approximate surface area is 199 Å². The summed E-state index contributed by atoms with van der Waals surface area (Å²) in [6.07, 6.45) is 1.88. The van der Waals surface area contributed by atoms with Crippen molar-refractivity contribution in [3.05, 3.63) is 52.5 Å². The molecule has 2 aromatic carbocycles. The Bertz CT molecular complexity index is 968. The van der Waals surface area contributed by atoms with Crippen LogP contribution >= 0.6 is 11.6 Å². The number of nitrogens with one attached hydrogen (secondary N) is 2. The fraction of sp³-hybridized carbons (Fsp3) is 0.417. The summed E-state index contributed by atoms with van der Waals surface area (Å²) in [7, 11) is 3.09. The number of hydrogen-bond donors (Lipinski definition) is 3. The molecule has 178 valence electrons. The van der Waals surface area contributed by atoms with Gasteiger partial charge >= 0.3 is 0 Å². The van der Waals surface area contributed by atoms with E-state index >= 15 is 0 Å². The van der Waals surface area contributed by atoms with Crippen LogP contribution in [0.3, 0.4) is 0 Å². The van der Waals surface area contributed by atoms with Crippen LogP contribution in [0.4, 0.5) is 5.69 Å². The predicted molar refractivity (Wildman–Crippen MR) is 129 cm³/mol. The summed E-state index contributed by atoms with van der Waals surface area (Å²) in [5.74, 6) is 1.19. The Morgan fingerprint density at radius 3 is 2.58 bits per heavy atom. The van der Waals surface area contributed by atoms with Crippen molar-refractivity contribution in [1.82, 2.24) is 15.5 Å². The van der Waals surface area contributed by atoms with E-state index in [0.29, 0.717) is 46.6 Å². The minimum Gasteiger partial charge on any atom is -0.497 e. The zero-order valence-corrected chi connectivity index (χ0v) is 19.8. The van der Waals surface area contributed by atoms with Gasteiger partial charge in [-0.1, -0.05) is 11.6 Å². The second kappa shape index (κ2) is 11.8. The maximum absolute atomic E-state index is 12.6. The van der Waals surface area contributed by atoms with Gasteiger partial charge in [0, 0.05) is 31.3 Å². The molecule has 1 saturated heterocycles. The third-order valence-corrected chi connectivity index (χ3v) is 6.10. The topological polar surface area (TPSA) is 106 Å². The van der Waals surface area contributed by atoms with Gasteiger partial charge in [-0.05, 0) is 62.2 Å². The van der Waals surface area contributed by atoms with Crippen molar-refractivity contribution in [2.45, 2.75) is 12.8 Å². The third kappa shape index (κ3) is 6.76. The van der Waals surface area contributed by atoms with Crippen molar-refractivity contribution in [3.63, 3.8) is 0 Å². The van der Waals surface area contributed by atoms with Crippen LogP contribution < -0.4 is 25.8 Å². The molecule has 1 fully saturated rings. The van der Waals surface area contributed by atoms with Crippen molar-refractivity contribution >= 4 is 29.1 Å². The van der Waals surface area contributed by atoms with E-state index in [9.17, 15) is 9.59 Å². The lowest BCUT2D eigenvalue weighted by atomic mass is 10.1. The Morgan fingerprint density at radius 2 is 1.88 bits per heavy atom. The second-order valence-electron chi connectivity index (χ2n) is 8.08. The molecule has 0 aliphatic carbocycles. The normalized spacial score (nSPS) is 15.8. The first kappa shape index (κ1) is 24.7. The molecular weight excluding hydrogens is 444 g/mol. The monoisotopic (exact) mass is 474 g/mol. The van der Waals surface area contributed by atoms with Crippen LogP contribution in [-0.4, -0.2) is 63.7 Å². The van der Waals surface area contributed by atoms with Crippen molar-refractivity contribution in [1.29, 1.82) is 0 Å². The number of carbonyl (C=O) groups excluding carboxylic acids is 2. The SMILES string of the molecule is COc1ccc(C(=O)NCCCN2CCC(CNC(=O)c3cc(Cl)c(N)cc3OC)C2)cc1. The molecule has 1 aliphatic rings. The Balaban J connectivity index is 1.36. The van der Waals surface area contributed by atoms with Crippen LogP contribution in [0.15, 0.2) is 36.4 Å². The van der Waals surface area contributed by atoms with Crippen LogP contribution in [0.25, 0.3) is 0 Å². The molecule has 0 spiro atoms. The van der Waals surface area contributed by atoms with Crippen molar-refractivity contribution in [2.75, 3.05) is 52.7 Å². The van der Waals surface area contributed by atoms with E-state index in [4.69, 9.17) is 26.8 Å². The molecule has 1 heterocycles. The fourth-order valence-electron chi connectivity index (χ4n) is 3.88. The van der Waals surface area contributed by atoms with E-state index in [0.717, 1.165) is 38.2 Å². The second-order valence-corrected chi connectivity index (χ2v) is 8.48. The first-order valence-corrected chi connectivity index (χ1v) is 11.3. The van der Waals surface area contributed by atoms with Gasteiger partial charge in [0.2, 0.25) is 0 Å². The number of benzene rings is 2. The minimum atomic E-state index is -0.228. The van der Waals surface area contributed by atoms with Crippen LogP contribution in [0.2, 0.25) is 5.02 Å². The molecule has 33 heavy (non-hydrogen) atoms. The molecule has 2 aromatic rings. The Hall–Kier alpha value is -2.97. The summed E-state index contributed by atoms with van der Waals surface area (Å²) in [6, 6.07) is 10.1. The summed E-state index contributed by atoms with van der Waals surface area (Å²) in [5, 5.41) is 6.26.